The molecule has 4 atom stereocenters. The van der Waals surface area contributed by atoms with Gasteiger partial charge in [0.05, 0.1) is 19.3 Å². The first kappa shape index (κ1) is 20.2. The lowest BCUT2D eigenvalue weighted by atomic mass is 9.85. The van der Waals surface area contributed by atoms with E-state index in [1.807, 2.05) is 4.90 Å². The van der Waals surface area contributed by atoms with Gasteiger partial charge >= 0.3 is 0 Å². The van der Waals surface area contributed by atoms with Gasteiger partial charge in [-0.2, -0.15) is 0 Å². The van der Waals surface area contributed by atoms with Crippen molar-refractivity contribution in [1.29, 1.82) is 0 Å². The van der Waals surface area contributed by atoms with Gasteiger partial charge in [0.15, 0.2) is 0 Å². The van der Waals surface area contributed by atoms with E-state index in [0.717, 1.165) is 25.9 Å². The Morgan fingerprint density at radius 3 is 2.36 bits per heavy atom. The predicted molar refractivity (Wildman–Crippen MR) is 99.0 cm³/mol. The van der Waals surface area contributed by atoms with Crippen molar-refractivity contribution in [2.45, 2.75) is 72.4 Å². The van der Waals surface area contributed by atoms with Crippen molar-refractivity contribution >= 4 is 11.8 Å². The minimum Gasteiger partial charge on any atom is -0.378 e. The quantitative estimate of drug-likeness (QED) is 0.828. The molecule has 0 unspecified atom stereocenters. The van der Waals surface area contributed by atoms with Gasteiger partial charge in [0.2, 0.25) is 11.8 Å². The molecule has 5 heteroatoms. The Bertz CT molecular complexity index is 484. The van der Waals surface area contributed by atoms with Crippen molar-refractivity contribution in [3.63, 3.8) is 0 Å². The summed E-state index contributed by atoms with van der Waals surface area (Å²) in [6.07, 6.45) is 3.85. The van der Waals surface area contributed by atoms with Crippen LogP contribution in [0.5, 0.6) is 0 Å². The molecular formula is C20H36N2O3. The fraction of sp³-hybridized carbons (Fsp3) is 0.900. The van der Waals surface area contributed by atoms with Crippen LogP contribution in [0.15, 0.2) is 0 Å². The fourth-order valence-corrected chi connectivity index (χ4v) is 4.22. The zero-order chi connectivity index (χ0) is 18.8. The van der Waals surface area contributed by atoms with Crippen molar-refractivity contribution in [3.8, 4) is 0 Å². The van der Waals surface area contributed by atoms with E-state index in [-0.39, 0.29) is 29.8 Å². The molecule has 0 bridgehead atoms. The molecule has 1 N–H and O–H groups in total. The van der Waals surface area contributed by atoms with Crippen molar-refractivity contribution in [2.24, 2.45) is 23.2 Å². The summed E-state index contributed by atoms with van der Waals surface area (Å²) in [7, 11) is 1.63. The zero-order valence-corrected chi connectivity index (χ0v) is 16.8. The van der Waals surface area contributed by atoms with Gasteiger partial charge in [0.1, 0.15) is 0 Å². The second-order valence-corrected chi connectivity index (χ2v) is 9.43. The molecule has 0 radical (unpaired) electrons. The van der Waals surface area contributed by atoms with Crippen LogP contribution in [-0.2, 0) is 14.3 Å². The van der Waals surface area contributed by atoms with Crippen molar-refractivity contribution in [3.05, 3.63) is 0 Å². The molecule has 2 fully saturated rings. The van der Waals surface area contributed by atoms with E-state index in [2.05, 4.69) is 39.9 Å². The van der Waals surface area contributed by atoms with E-state index in [4.69, 9.17) is 4.74 Å². The van der Waals surface area contributed by atoms with Crippen LogP contribution >= 0.6 is 0 Å². The number of carbonyl (C=O) groups is 2. The summed E-state index contributed by atoms with van der Waals surface area (Å²) in [5.74, 6) is 1.68. The summed E-state index contributed by atoms with van der Waals surface area (Å²) in [4.78, 5) is 26.7. The molecule has 0 aromatic carbocycles. The monoisotopic (exact) mass is 352 g/mol. The highest BCUT2D eigenvalue weighted by Crippen LogP contribution is 2.42. The first-order chi connectivity index (χ1) is 11.6. The third kappa shape index (κ3) is 5.44. The summed E-state index contributed by atoms with van der Waals surface area (Å²) in [6, 6.07) is 0.164. The third-order valence-corrected chi connectivity index (χ3v) is 5.65. The second-order valence-electron chi connectivity index (χ2n) is 9.43. The molecule has 5 nitrogen and oxygen atoms in total. The number of nitrogens with zero attached hydrogens (tertiary/aromatic N) is 1. The fourth-order valence-electron chi connectivity index (χ4n) is 4.22. The highest BCUT2D eigenvalue weighted by atomic mass is 16.5. The van der Waals surface area contributed by atoms with Crippen LogP contribution in [0.25, 0.3) is 0 Å². The molecule has 1 aliphatic carbocycles. The normalized spacial score (nSPS) is 29.4. The molecule has 1 saturated heterocycles. The number of ether oxygens (including phenoxy) is 1. The molecule has 1 aliphatic heterocycles. The Kier molecular flexibility index (Phi) is 6.52. The lowest BCUT2D eigenvalue weighted by Crippen LogP contribution is -2.46. The van der Waals surface area contributed by atoms with Gasteiger partial charge < -0.3 is 15.0 Å². The van der Waals surface area contributed by atoms with E-state index in [0.29, 0.717) is 30.3 Å². The predicted octanol–water partition coefficient (Wildman–Crippen LogP) is 2.84. The number of likely N-dealkylation sites (N-methyl/N-ethyl adjacent to an activating group) is 1. The molecule has 144 valence electrons. The minimum atomic E-state index is -0.0894. The maximum atomic E-state index is 12.9. The zero-order valence-electron chi connectivity index (χ0n) is 16.8. The number of rotatable bonds is 5. The summed E-state index contributed by atoms with van der Waals surface area (Å²) in [5, 5.41) is 2.66. The van der Waals surface area contributed by atoms with E-state index in [9.17, 15) is 9.59 Å². The lowest BCUT2D eigenvalue weighted by molar-refractivity contribution is -0.139. The molecule has 2 rings (SSSR count). The van der Waals surface area contributed by atoms with Crippen LogP contribution in [0.2, 0.25) is 0 Å². The number of fused-ring (bicyclic) bond motifs is 1. The highest BCUT2D eigenvalue weighted by Gasteiger charge is 2.43. The number of nitrogens with one attached hydrogen (secondary N) is 1. The van der Waals surface area contributed by atoms with E-state index in [1.54, 1.807) is 7.05 Å². The Morgan fingerprint density at radius 2 is 1.80 bits per heavy atom. The van der Waals surface area contributed by atoms with Crippen LogP contribution in [0, 0.1) is 23.2 Å². The van der Waals surface area contributed by atoms with Crippen LogP contribution in [0.1, 0.15) is 60.3 Å². The molecule has 25 heavy (non-hydrogen) atoms. The maximum Gasteiger partial charge on any atom is 0.239 e. The summed E-state index contributed by atoms with van der Waals surface area (Å²) in [6.45, 7) is 11.6. The average molecular weight is 353 g/mol. The van der Waals surface area contributed by atoms with Crippen molar-refractivity contribution in [1.82, 2.24) is 10.2 Å². The minimum absolute atomic E-state index is 0.0742. The smallest absolute Gasteiger partial charge is 0.239 e. The summed E-state index contributed by atoms with van der Waals surface area (Å²) >= 11 is 0. The summed E-state index contributed by atoms with van der Waals surface area (Å²) in [5.41, 5.74) is -0.0742. The number of hydrogen-bond acceptors (Lipinski definition) is 3. The van der Waals surface area contributed by atoms with Gasteiger partial charge in [-0.25, -0.2) is 0 Å². The van der Waals surface area contributed by atoms with Crippen LogP contribution < -0.4 is 5.32 Å². The van der Waals surface area contributed by atoms with E-state index in [1.165, 1.54) is 0 Å². The second kappa shape index (κ2) is 8.07. The van der Waals surface area contributed by atoms with Crippen molar-refractivity contribution in [2.75, 3.05) is 20.2 Å². The van der Waals surface area contributed by atoms with Crippen LogP contribution in [0.3, 0.4) is 0 Å². The number of hydrogen-bond donors (Lipinski definition) is 1. The first-order valence-electron chi connectivity index (χ1n) is 9.72. The SMILES string of the molecule is CNC(=O)CN(C(=O)CC(C)(C)C)[C@@H]1C[C@@H]2CO[C@H](C(C)C)C[C@@H]2C1. The molecule has 2 aliphatic rings. The lowest BCUT2D eigenvalue weighted by Gasteiger charge is -2.34. The van der Waals surface area contributed by atoms with Gasteiger partial charge in [0, 0.05) is 19.5 Å². The molecule has 1 saturated carbocycles. The van der Waals surface area contributed by atoms with E-state index >= 15 is 0 Å². The van der Waals surface area contributed by atoms with E-state index < -0.39 is 0 Å². The Morgan fingerprint density at radius 1 is 1.16 bits per heavy atom. The van der Waals surface area contributed by atoms with Gasteiger partial charge in [-0.05, 0) is 42.4 Å². The standard InChI is InChI=1S/C20H36N2O3/c1-13(2)17-9-14-7-16(8-15(14)12-25-17)22(11-18(23)21-6)19(24)10-20(3,4)5/h13-17H,7-12H2,1-6H3,(H,21,23)/t14-,15+,16-,17-/m0/s1. The molecule has 0 aromatic heterocycles. The number of carbonyl (C=O) groups excluding carboxylic acids is 2. The molecule has 0 spiro atoms. The van der Waals surface area contributed by atoms with Gasteiger partial charge in [-0.3, -0.25) is 9.59 Å². The summed E-state index contributed by atoms with van der Waals surface area (Å²) < 4.78 is 6.04. The van der Waals surface area contributed by atoms with Gasteiger partial charge in [0.25, 0.3) is 0 Å². The van der Waals surface area contributed by atoms with Gasteiger partial charge in [-0.1, -0.05) is 34.6 Å². The molecule has 1 heterocycles. The Balaban J connectivity index is 2.07. The Labute approximate surface area is 152 Å². The van der Waals surface area contributed by atoms with Crippen LogP contribution in [-0.4, -0.2) is 49.1 Å². The average Bonchev–Trinajstić information content (AvgIpc) is 2.92. The highest BCUT2D eigenvalue weighted by molar-refractivity contribution is 5.85. The third-order valence-electron chi connectivity index (χ3n) is 5.65. The number of amides is 2. The molecule has 2 amide bonds. The first-order valence-corrected chi connectivity index (χ1v) is 9.72. The molecular weight excluding hydrogens is 316 g/mol. The van der Waals surface area contributed by atoms with Gasteiger partial charge in [-0.15, -0.1) is 0 Å². The molecule has 0 aromatic rings. The maximum absolute atomic E-state index is 12.9. The Hall–Kier alpha value is -1.10. The van der Waals surface area contributed by atoms with Crippen LogP contribution in [0.4, 0.5) is 0 Å². The van der Waals surface area contributed by atoms with Crippen molar-refractivity contribution < 1.29 is 14.3 Å². The largest absolute Gasteiger partial charge is 0.378 e. The topological polar surface area (TPSA) is 58.6 Å².